The van der Waals surface area contributed by atoms with Gasteiger partial charge in [-0.05, 0) is 13.5 Å². The Balaban J connectivity index is 2.26. The molecule has 2 heterocycles. The lowest BCUT2D eigenvalue weighted by Crippen LogP contribution is -2.68. The average Bonchev–Trinajstić information content (AvgIpc) is 2.91. The molecule has 2 saturated heterocycles. The van der Waals surface area contributed by atoms with Gasteiger partial charge < -0.3 is 70.6 Å². The van der Waals surface area contributed by atoms with Gasteiger partial charge in [-0.1, -0.05) is 0 Å². The number of carboxylic acids is 1. The van der Waals surface area contributed by atoms with Crippen molar-refractivity contribution in [2.24, 2.45) is 0 Å². The van der Waals surface area contributed by atoms with Gasteiger partial charge in [0.05, 0.1) is 44.1 Å². The Kier molecular flexibility index (Phi) is 13.7. The third-order valence-corrected chi connectivity index (χ3v) is 6.93. The Morgan fingerprint density at radius 3 is 2.20 bits per heavy atom. The van der Waals surface area contributed by atoms with E-state index in [1.54, 1.807) is 7.05 Å². The molecule has 0 radical (unpaired) electrons. The molecule has 0 bridgehead atoms. The van der Waals surface area contributed by atoms with E-state index in [1.165, 1.54) is 6.92 Å². The molecule has 17 heteroatoms. The highest BCUT2D eigenvalue weighted by molar-refractivity contribution is 5.76. The molecule has 41 heavy (non-hydrogen) atoms. The van der Waals surface area contributed by atoms with E-state index in [9.17, 15) is 50.1 Å². The lowest BCUT2D eigenvalue weighted by Gasteiger charge is -2.48. The van der Waals surface area contributed by atoms with Crippen LogP contribution in [-0.4, -0.2) is 160 Å². The van der Waals surface area contributed by atoms with Crippen LogP contribution in [0.5, 0.6) is 0 Å². The number of carbonyl (C=O) groups is 3. The second-order valence-electron chi connectivity index (χ2n) is 10.1. The largest absolute Gasteiger partial charge is 0.477 e. The summed E-state index contributed by atoms with van der Waals surface area (Å²) in [5.74, 6) is -5.55. The first-order chi connectivity index (χ1) is 19.3. The minimum absolute atomic E-state index is 0.171. The van der Waals surface area contributed by atoms with Gasteiger partial charge in [0.15, 0.2) is 0 Å². The molecular formula is C24H43N3O14. The van der Waals surface area contributed by atoms with Gasteiger partial charge in [0, 0.05) is 33.4 Å². The monoisotopic (exact) mass is 597 g/mol. The van der Waals surface area contributed by atoms with Crippen molar-refractivity contribution in [2.75, 3.05) is 40.0 Å². The standard InChI is InChI=1S/C24H43N3O14/c1-11(29)26-17-13(31)8-24(23(36)37,41-22(17)19(33)14(32)9-28)39-10-16-20(34)21(35)18(27-12(2)30)15(40-16)4-6-38-7-5-25-3/h13-22,25,28,31-35H,4-10H2,1-3H3,(H,26,29)(H,27,30)(H,36,37)/t13?,14?,15-,16?,17?,18+,19-,20?,21-,22?,24?/m1/s1. The molecule has 10 N–H and O–H groups in total. The number of carbonyl (C=O) groups excluding carboxylic acids is 2. The van der Waals surface area contributed by atoms with Crippen molar-refractivity contribution in [1.29, 1.82) is 0 Å². The summed E-state index contributed by atoms with van der Waals surface area (Å²) in [4.78, 5) is 35.8. The number of likely N-dealkylation sites (N-methyl/N-ethyl adjacent to an activating group) is 1. The van der Waals surface area contributed by atoms with Crippen LogP contribution in [0.1, 0.15) is 26.7 Å². The van der Waals surface area contributed by atoms with E-state index in [0.717, 1.165) is 6.92 Å². The molecule has 2 rings (SSSR count). The van der Waals surface area contributed by atoms with Gasteiger partial charge in [-0.15, -0.1) is 0 Å². The highest BCUT2D eigenvalue weighted by Gasteiger charge is 2.56. The van der Waals surface area contributed by atoms with Gasteiger partial charge in [-0.25, -0.2) is 4.79 Å². The smallest absolute Gasteiger partial charge is 0.364 e. The number of aliphatic hydroxyl groups excluding tert-OH is 6. The van der Waals surface area contributed by atoms with Crippen LogP contribution in [0, 0.1) is 0 Å². The maximum Gasteiger partial charge on any atom is 0.364 e. The summed E-state index contributed by atoms with van der Waals surface area (Å²) in [6.45, 7) is 1.82. The maximum absolute atomic E-state index is 12.4. The predicted molar refractivity (Wildman–Crippen MR) is 136 cm³/mol. The zero-order valence-electron chi connectivity index (χ0n) is 23.2. The summed E-state index contributed by atoms with van der Waals surface area (Å²) in [5.41, 5.74) is 0. The number of carboxylic acid groups (broad SMARTS) is 1. The Labute approximate surface area is 236 Å². The molecule has 0 saturated carbocycles. The summed E-state index contributed by atoms with van der Waals surface area (Å²) in [6.07, 6.45) is -13.2. The molecule has 238 valence electrons. The van der Waals surface area contributed by atoms with Crippen molar-refractivity contribution in [3.63, 3.8) is 0 Å². The number of nitrogens with one attached hydrogen (secondary N) is 3. The van der Waals surface area contributed by atoms with Crippen molar-refractivity contribution in [3.05, 3.63) is 0 Å². The summed E-state index contributed by atoms with van der Waals surface area (Å²) in [7, 11) is 1.75. The van der Waals surface area contributed by atoms with Gasteiger partial charge in [-0.3, -0.25) is 9.59 Å². The number of amides is 2. The molecule has 2 aliphatic heterocycles. The number of aliphatic hydroxyl groups is 6. The fourth-order valence-corrected chi connectivity index (χ4v) is 4.81. The Morgan fingerprint density at radius 1 is 1.00 bits per heavy atom. The van der Waals surface area contributed by atoms with E-state index < -0.39 is 104 Å². The second kappa shape index (κ2) is 16.0. The van der Waals surface area contributed by atoms with Crippen LogP contribution in [-0.2, 0) is 33.3 Å². The third kappa shape index (κ3) is 9.23. The Hall–Kier alpha value is -2.03. The summed E-state index contributed by atoms with van der Waals surface area (Å²) < 4.78 is 22.5. The Morgan fingerprint density at radius 2 is 1.63 bits per heavy atom. The molecule has 0 spiro atoms. The molecule has 0 aliphatic carbocycles. The van der Waals surface area contributed by atoms with E-state index in [0.29, 0.717) is 13.2 Å². The van der Waals surface area contributed by atoms with E-state index in [-0.39, 0.29) is 13.0 Å². The zero-order valence-corrected chi connectivity index (χ0v) is 23.2. The number of hydrogen-bond acceptors (Lipinski definition) is 14. The molecule has 2 aliphatic rings. The lowest BCUT2D eigenvalue weighted by atomic mass is 9.88. The molecule has 7 unspecified atom stereocenters. The van der Waals surface area contributed by atoms with Crippen molar-refractivity contribution in [2.45, 2.75) is 93.4 Å². The maximum atomic E-state index is 12.4. The molecule has 2 fully saturated rings. The van der Waals surface area contributed by atoms with E-state index in [2.05, 4.69) is 16.0 Å². The molecular weight excluding hydrogens is 554 g/mol. The first kappa shape index (κ1) is 35.2. The van der Waals surface area contributed by atoms with E-state index in [4.69, 9.17) is 18.9 Å². The molecule has 11 atom stereocenters. The number of hydrogen-bond donors (Lipinski definition) is 10. The van der Waals surface area contributed by atoms with Crippen LogP contribution >= 0.6 is 0 Å². The predicted octanol–water partition coefficient (Wildman–Crippen LogP) is -5.23. The SMILES string of the molecule is CNCCOCC[C@H]1OC(COC2(C(=O)O)CC(O)C(NC(C)=O)C([C@H](O)C(O)CO)O2)C(O)[C@H](O)[C@H]1NC(C)=O. The highest BCUT2D eigenvalue weighted by Crippen LogP contribution is 2.35. The fourth-order valence-electron chi connectivity index (χ4n) is 4.81. The number of rotatable bonds is 15. The van der Waals surface area contributed by atoms with E-state index in [1.807, 2.05) is 0 Å². The van der Waals surface area contributed by atoms with Gasteiger partial charge in [-0.2, -0.15) is 0 Å². The van der Waals surface area contributed by atoms with Crippen molar-refractivity contribution >= 4 is 17.8 Å². The summed E-state index contributed by atoms with van der Waals surface area (Å²) >= 11 is 0. The van der Waals surface area contributed by atoms with Crippen molar-refractivity contribution in [3.8, 4) is 0 Å². The third-order valence-electron chi connectivity index (χ3n) is 6.93. The van der Waals surface area contributed by atoms with Crippen molar-refractivity contribution < 1.29 is 69.1 Å². The first-order valence-corrected chi connectivity index (χ1v) is 13.3. The fraction of sp³-hybridized carbons (Fsp3) is 0.875. The van der Waals surface area contributed by atoms with Crippen LogP contribution in [0.25, 0.3) is 0 Å². The normalized spacial score (nSPS) is 35.3. The average molecular weight is 598 g/mol. The van der Waals surface area contributed by atoms with Crippen LogP contribution in [0.4, 0.5) is 0 Å². The minimum Gasteiger partial charge on any atom is -0.477 e. The lowest BCUT2D eigenvalue weighted by molar-refractivity contribution is -0.322. The quantitative estimate of drug-likeness (QED) is 0.0791. The van der Waals surface area contributed by atoms with Crippen molar-refractivity contribution in [1.82, 2.24) is 16.0 Å². The van der Waals surface area contributed by atoms with Gasteiger partial charge >= 0.3 is 5.97 Å². The van der Waals surface area contributed by atoms with Gasteiger partial charge in [0.25, 0.3) is 5.79 Å². The van der Waals surface area contributed by atoms with Crippen LogP contribution in [0.3, 0.4) is 0 Å². The molecule has 0 aromatic rings. The van der Waals surface area contributed by atoms with Crippen LogP contribution < -0.4 is 16.0 Å². The number of ether oxygens (including phenoxy) is 4. The van der Waals surface area contributed by atoms with Gasteiger partial charge in [0.1, 0.15) is 36.6 Å². The molecule has 2 amide bonds. The summed E-state index contributed by atoms with van der Waals surface area (Å²) in [5, 5.41) is 79.9. The first-order valence-electron chi connectivity index (χ1n) is 13.3. The van der Waals surface area contributed by atoms with Crippen LogP contribution in [0.2, 0.25) is 0 Å². The highest BCUT2D eigenvalue weighted by atomic mass is 16.7. The van der Waals surface area contributed by atoms with Crippen LogP contribution in [0.15, 0.2) is 0 Å². The molecule has 0 aromatic heterocycles. The van der Waals surface area contributed by atoms with Gasteiger partial charge in [0.2, 0.25) is 11.8 Å². The molecule has 17 nitrogen and oxygen atoms in total. The second-order valence-corrected chi connectivity index (χ2v) is 10.1. The topological polar surface area (TPSA) is 266 Å². The summed E-state index contributed by atoms with van der Waals surface area (Å²) in [6, 6.07) is -2.41. The zero-order chi connectivity index (χ0) is 30.9. The minimum atomic E-state index is -2.66. The molecule has 0 aromatic carbocycles. The Bertz CT molecular complexity index is 867. The number of aliphatic carboxylic acids is 1. The van der Waals surface area contributed by atoms with E-state index >= 15 is 0 Å².